The molecule has 1 aromatic heterocycles. The van der Waals surface area contributed by atoms with Gasteiger partial charge in [-0.25, -0.2) is 9.97 Å². The Balaban J connectivity index is 1.98. The number of nitrogens with one attached hydrogen (secondary N) is 2. The summed E-state index contributed by atoms with van der Waals surface area (Å²) in [5, 5.41) is 16.1. The molecule has 1 saturated carbocycles. The zero-order chi connectivity index (χ0) is 14.4. The normalized spacial score (nSPS) is 21.9. The lowest BCUT2D eigenvalue weighted by Crippen LogP contribution is -2.15. The second kappa shape index (κ2) is 7.40. The van der Waals surface area contributed by atoms with Crippen molar-refractivity contribution in [1.82, 2.24) is 9.97 Å². The van der Waals surface area contributed by atoms with Crippen LogP contribution in [0, 0.1) is 5.92 Å². The highest BCUT2D eigenvalue weighted by Gasteiger charge is 2.22. The minimum atomic E-state index is -0.131. The van der Waals surface area contributed by atoms with E-state index in [2.05, 4.69) is 20.6 Å². The Morgan fingerprint density at radius 2 is 2.05 bits per heavy atom. The molecule has 112 valence electrons. The average molecular weight is 280 g/mol. The lowest BCUT2D eigenvalue weighted by atomic mass is 10.1. The van der Waals surface area contributed by atoms with Gasteiger partial charge in [0.1, 0.15) is 18.2 Å². The smallest absolute Gasteiger partial charge is 0.158 e. The lowest BCUT2D eigenvalue weighted by molar-refractivity contribution is 0.178. The number of hydrogen-bond acceptors (Lipinski definition) is 6. The molecule has 1 aliphatic rings. The summed E-state index contributed by atoms with van der Waals surface area (Å²) in [6, 6.07) is 1.91. The van der Waals surface area contributed by atoms with Crippen molar-refractivity contribution < 1.29 is 9.84 Å². The first-order valence-electron chi connectivity index (χ1n) is 7.24. The summed E-state index contributed by atoms with van der Waals surface area (Å²) in [6.45, 7) is 4.09. The monoisotopic (exact) mass is 280 g/mol. The van der Waals surface area contributed by atoms with Crippen molar-refractivity contribution in [2.24, 2.45) is 5.92 Å². The number of aromatic nitrogens is 2. The second-order valence-electron chi connectivity index (χ2n) is 5.23. The van der Waals surface area contributed by atoms with Gasteiger partial charge in [0.25, 0.3) is 0 Å². The molecular weight excluding hydrogens is 256 g/mol. The van der Waals surface area contributed by atoms with Gasteiger partial charge in [-0.15, -0.1) is 0 Å². The van der Waals surface area contributed by atoms with E-state index in [9.17, 15) is 5.11 Å². The minimum absolute atomic E-state index is 0.131. The summed E-state index contributed by atoms with van der Waals surface area (Å²) in [6.07, 6.45) is 2.73. The van der Waals surface area contributed by atoms with Gasteiger partial charge in [0, 0.05) is 26.3 Å². The third kappa shape index (κ3) is 4.31. The first-order valence-corrected chi connectivity index (χ1v) is 7.24. The number of ether oxygens (including phenoxy) is 1. The molecule has 6 nitrogen and oxygen atoms in total. The highest BCUT2D eigenvalue weighted by atomic mass is 16.5. The van der Waals surface area contributed by atoms with E-state index in [1.165, 1.54) is 0 Å². The van der Waals surface area contributed by atoms with E-state index in [0.717, 1.165) is 44.0 Å². The zero-order valence-electron chi connectivity index (χ0n) is 12.2. The maximum atomic E-state index is 9.55. The molecule has 0 amide bonds. The molecule has 20 heavy (non-hydrogen) atoms. The standard InChI is InChI=1S/C14H24N4O2/c1-3-15-12-7-13(18-14(17-12)9-20-2)16-8-10-4-5-11(19)6-10/h7,10-11,19H,3-6,8-9H2,1-2H3,(H2,15,16,17,18). The van der Waals surface area contributed by atoms with Crippen LogP contribution in [0.4, 0.5) is 11.6 Å². The Hall–Kier alpha value is -1.40. The number of aliphatic hydroxyl groups is 1. The molecule has 0 aromatic carbocycles. The van der Waals surface area contributed by atoms with Crippen LogP contribution in [0.25, 0.3) is 0 Å². The van der Waals surface area contributed by atoms with Gasteiger partial charge in [0.2, 0.25) is 0 Å². The van der Waals surface area contributed by atoms with Crippen LogP contribution in [0.3, 0.4) is 0 Å². The highest BCUT2D eigenvalue weighted by molar-refractivity contribution is 5.47. The van der Waals surface area contributed by atoms with Crippen molar-refractivity contribution in [3.05, 3.63) is 11.9 Å². The number of rotatable bonds is 7. The molecule has 3 N–H and O–H groups in total. The summed E-state index contributed by atoms with van der Waals surface area (Å²) >= 11 is 0. The van der Waals surface area contributed by atoms with Gasteiger partial charge in [-0.3, -0.25) is 0 Å². The molecule has 1 aromatic rings. The van der Waals surface area contributed by atoms with E-state index in [1.54, 1.807) is 7.11 Å². The highest BCUT2D eigenvalue weighted by Crippen LogP contribution is 2.25. The number of nitrogens with zero attached hydrogens (tertiary/aromatic N) is 2. The van der Waals surface area contributed by atoms with Crippen molar-refractivity contribution in [2.75, 3.05) is 30.8 Å². The number of aliphatic hydroxyl groups excluding tert-OH is 1. The zero-order valence-corrected chi connectivity index (χ0v) is 12.2. The van der Waals surface area contributed by atoms with Crippen LogP contribution in [0.15, 0.2) is 6.07 Å². The fourth-order valence-electron chi connectivity index (χ4n) is 2.54. The van der Waals surface area contributed by atoms with Gasteiger partial charge < -0.3 is 20.5 Å². The summed E-state index contributed by atoms with van der Waals surface area (Å²) in [4.78, 5) is 8.81. The molecule has 1 heterocycles. The molecule has 0 saturated heterocycles. The number of hydrogen-bond donors (Lipinski definition) is 3. The Kier molecular flexibility index (Phi) is 5.55. The quantitative estimate of drug-likeness (QED) is 0.704. The van der Waals surface area contributed by atoms with Gasteiger partial charge in [0.15, 0.2) is 5.82 Å². The second-order valence-corrected chi connectivity index (χ2v) is 5.23. The Morgan fingerprint density at radius 3 is 2.65 bits per heavy atom. The van der Waals surface area contributed by atoms with Gasteiger partial charge in [0.05, 0.1) is 6.10 Å². The van der Waals surface area contributed by atoms with E-state index < -0.39 is 0 Å². The molecule has 0 aliphatic heterocycles. The van der Waals surface area contributed by atoms with Crippen LogP contribution in [-0.4, -0.2) is 41.4 Å². The van der Waals surface area contributed by atoms with Crippen molar-refractivity contribution in [1.29, 1.82) is 0 Å². The number of anilines is 2. The van der Waals surface area contributed by atoms with Crippen molar-refractivity contribution in [2.45, 2.75) is 38.9 Å². The van der Waals surface area contributed by atoms with Crippen LogP contribution < -0.4 is 10.6 Å². The van der Waals surface area contributed by atoms with Crippen LogP contribution in [-0.2, 0) is 11.3 Å². The van der Waals surface area contributed by atoms with E-state index in [-0.39, 0.29) is 6.10 Å². The molecule has 2 unspecified atom stereocenters. The first-order chi connectivity index (χ1) is 9.71. The summed E-state index contributed by atoms with van der Waals surface area (Å²) in [7, 11) is 1.64. The van der Waals surface area contributed by atoms with E-state index in [0.29, 0.717) is 18.3 Å². The maximum Gasteiger partial charge on any atom is 0.158 e. The fraction of sp³-hybridized carbons (Fsp3) is 0.714. The maximum absolute atomic E-state index is 9.55. The molecule has 1 aliphatic carbocycles. The number of methoxy groups -OCH3 is 1. The van der Waals surface area contributed by atoms with Gasteiger partial charge >= 0.3 is 0 Å². The summed E-state index contributed by atoms with van der Waals surface area (Å²) < 4.78 is 5.09. The molecular formula is C14H24N4O2. The van der Waals surface area contributed by atoms with Crippen molar-refractivity contribution >= 4 is 11.6 Å². The Morgan fingerprint density at radius 1 is 1.30 bits per heavy atom. The fourth-order valence-corrected chi connectivity index (χ4v) is 2.54. The van der Waals surface area contributed by atoms with Crippen LogP contribution in [0.5, 0.6) is 0 Å². The van der Waals surface area contributed by atoms with Crippen molar-refractivity contribution in [3.63, 3.8) is 0 Å². The summed E-state index contributed by atoms with van der Waals surface area (Å²) in [5.41, 5.74) is 0. The Labute approximate surface area is 120 Å². The van der Waals surface area contributed by atoms with Gasteiger partial charge in [-0.2, -0.15) is 0 Å². The predicted octanol–water partition coefficient (Wildman–Crippen LogP) is 1.63. The van der Waals surface area contributed by atoms with Crippen LogP contribution in [0.2, 0.25) is 0 Å². The van der Waals surface area contributed by atoms with E-state index in [1.807, 2.05) is 13.0 Å². The van der Waals surface area contributed by atoms with Crippen molar-refractivity contribution in [3.8, 4) is 0 Å². The van der Waals surface area contributed by atoms with Gasteiger partial charge in [-0.05, 0) is 32.1 Å². The Bertz CT molecular complexity index is 403. The largest absolute Gasteiger partial charge is 0.393 e. The molecule has 1 fully saturated rings. The molecule has 0 radical (unpaired) electrons. The van der Waals surface area contributed by atoms with Crippen LogP contribution in [0.1, 0.15) is 32.0 Å². The van der Waals surface area contributed by atoms with E-state index >= 15 is 0 Å². The molecule has 0 spiro atoms. The third-order valence-corrected chi connectivity index (χ3v) is 3.49. The third-order valence-electron chi connectivity index (χ3n) is 3.49. The molecule has 0 bridgehead atoms. The molecule has 2 rings (SSSR count). The van der Waals surface area contributed by atoms with Gasteiger partial charge in [-0.1, -0.05) is 0 Å². The van der Waals surface area contributed by atoms with E-state index in [4.69, 9.17) is 4.74 Å². The van der Waals surface area contributed by atoms with Crippen LogP contribution >= 0.6 is 0 Å². The predicted molar refractivity (Wildman–Crippen MR) is 78.7 cm³/mol. The molecule has 6 heteroatoms. The average Bonchev–Trinajstić information content (AvgIpc) is 2.83. The molecule has 2 atom stereocenters. The first kappa shape index (κ1) is 15.0. The topological polar surface area (TPSA) is 79.3 Å². The minimum Gasteiger partial charge on any atom is -0.393 e. The SMILES string of the molecule is CCNc1cc(NCC2CCC(O)C2)nc(COC)n1. The lowest BCUT2D eigenvalue weighted by Gasteiger charge is -2.13. The summed E-state index contributed by atoms with van der Waals surface area (Å²) in [5.74, 6) is 2.81.